The van der Waals surface area contributed by atoms with Gasteiger partial charge in [-0.3, -0.25) is 9.59 Å². The molecule has 0 saturated heterocycles. The Hall–Kier alpha value is -3.15. The fraction of sp³-hybridized carbons (Fsp3) is 0.211. The first-order chi connectivity index (χ1) is 12.0. The van der Waals surface area contributed by atoms with Crippen molar-refractivity contribution < 1.29 is 9.32 Å². The summed E-state index contributed by atoms with van der Waals surface area (Å²) < 4.78 is 6.66. The molecule has 2 aromatic heterocycles. The summed E-state index contributed by atoms with van der Waals surface area (Å²) >= 11 is 0. The molecule has 3 rings (SSSR count). The van der Waals surface area contributed by atoms with Crippen molar-refractivity contribution in [2.75, 3.05) is 0 Å². The molecule has 0 saturated carbocycles. The normalized spacial score (nSPS) is 10.6. The SMILES string of the molecule is Cc1noc(C)c1C(=O)NCc1ccc(Cn2ccccc2=O)cc1. The first kappa shape index (κ1) is 16.7. The Kier molecular flexibility index (Phi) is 4.79. The highest BCUT2D eigenvalue weighted by molar-refractivity contribution is 5.96. The number of nitrogens with zero attached hydrogens (tertiary/aromatic N) is 2. The summed E-state index contributed by atoms with van der Waals surface area (Å²) in [6, 6.07) is 12.9. The fourth-order valence-corrected chi connectivity index (χ4v) is 2.63. The van der Waals surface area contributed by atoms with Gasteiger partial charge in [0, 0.05) is 18.8 Å². The van der Waals surface area contributed by atoms with E-state index in [2.05, 4.69) is 10.5 Å². The lowest BCUT2D eigenvalue weighted by molar-refractivity contribution is 0.0949. The van der Waals surface area contributed by atoms with Crippen LogP contribution in [-0.2, 0) is 13.1 Å². The minimum absolute atomic E-state index is 0.0294. The number of benzene rings is 1. The smallest absolute Gasteiger partial charge is 0.257 e. The van der Waals surface area contributed by atoms with Gasteiger partial charge in [0.15, 0.2) is 0 Å². The van der Waals surface area contributed by atoms with E-state index in [0.717, 1.165) is 11.1 Å². The summed E-state index contributed by atoms with van der Waals surface area (Å²) in [6.45, 7) is 4.39. The molecule has 0 aliphatic carbocycles. The van der Waals surface area contributed by atoms with E-state index < -0.39 is 0 Å². The maximum Gasteiger partial charge on any atom is 0.257 e. The van der Waals surface area contributed by atoms with Crippen molar-refractivity contribution in [3.8, 4) is 0 Å². The van der Waals surface area contributed by atoms with Gasteiger partial charge in [0.1, 0.15) is 11.3 Å². The Balaban J connectivity index is 1.62. The number of rotatable bonds is 5. The quantitative estimate of drug-likeness (QED) is 0.776. The summed E-state index contributed by atoms with van der Waals surface area (Å²) in [7, 11) is 0. The van der Waals surface area contributed by atoms with Crippen LogP contribution in [0.1, 0.15) is 32.9 Å². The second-order valence-electron chi connectivity index (χ2n) is 5.87. The molecule has 128 valence electrons. The Morgan fingerprint density at radius 2 is 1.84 bits per heavy atom. The van der Waals surface area contributed by atoms with Crippen molar-refractivity contribution in [2.24, 2.45) is 0 Å². The minimum atomic E-state index is -0.198. The predicted octanol–water partition coefficient (Wildman–Crippen LogP) is 2.43. The second kappa shape index (κ2) is 7.17. The number of hydrogen-bond acceptors (Lipinski definition) is 4. The molecule has 0 aliphatic rings. The van der Waals surface area contributed by atoms with Gasteiger partial charge in [0.25, 0.3) is 11.5 Å². The largest absolute Gasteiger partial charge is 0.361 e. The number of amides is 1. The molecule has 3 aromatic rings. The van der Waals surface area contributed by atoms with Crippen molar-refractivity contribution in [2.45, 2.75) is 26.9 Å². The summed E-state index contributed by atoms with van der Waals surface area (Å²) in [5.74, 6) is 0.315. The first-order valence-electron chi connectivity index (χ1n) is 7.99. The lowest BCUT2D eigenvalue weighted by Crippen LogP contribution is -2.23. The van der Waals surface area contributed by atoms with Crippen molar-refractivity contribution >= 4 is 5.91 Å². The van der Waals surface area contributed by atoms with Crippen molar-refractivity contribution in [3.63, 3.8) is 0 Å². The van der Waals surface area contributed by atoms with E-state index in [-0.39, 0.29) is 11.5 Å². The van der Waals surface area contributed by atoms with Crippen LogP contribution in [0.15, 0.2) is 58.0 Å². The highest BCUT2D eigenvalue weighted by atomic mass is 16.5. The predicted molar refractivity (Wildman–Crippen MR) is 93.4 cm³/mol. The Bertz CT molecular complexity index is 920. The minimum Gasteiger partial charge on any atom is -0.361 e. The zero-order valence-corrected chi connectivity index (χ0v) is 14.2. The monoisotopic (exact) mass is 337 g/mol. The number of pyridine rings is 1. The third kappa shape index (κ3) is 3.85. The molecule has 6 nitrogen and oxygen atoms in total. The molecular weight excluding hydrogens is 318 g/mol. The maximum absolute atomic E-state index is 12.2. The number of hydrogen-bond donors (Lipinski definition) is 1. The summed E-state index contributed by atoms with van der Waals surface area (Å²) in [5, 5.41) is 6.65. The van der Waals surface area contributed by atoms with E-state index in [4.69, 9.17) is 4.52 Å². The average Bonchev–Trinajstić information content (AvgIpc) is 2.95. The number of aryl methyl sites for hydroxylation is 2. The van der Waals surface area contributed by atoms with Crippen LogP contribution < -0.4 is 10.9 Å². The van der Waals surface area contributed by atoms with Gasteiger partial charge in [-0.05, 0) is 31.0 Å². The van der Waals surface area contributed by atoms with E-state index in [1.54, 1.807) is 36.7 Å². The average molecular weight is 337 g/mol. The van der Waals surface area contributed by atoms with Crippen LogP contribution in [0.2, 0.25) is 0 Å². The highest BCUT2D eigenvalue weighted by Gasteiger charge is 2.16. The molecule has 1 amide bonds. The third-order valence-corrected chi connectivity index (χ3v) is 3.99. The molecule has 2 heterocycles. The zero-order chi connectivity index (χ0) is 17.8. The number of carbonyl (C=O) groups excluding carboxylic acids is 1. The lowest BCUT2D eigenvalue weighted by Gasteiger charge is -2.08. The highest BCUT2D eigenvalue weighted by Crippen LogP contribution is 2.12. The Morgan fingerprint density at radius 3 is 2.48 bits per heavy atom. The molecule has 0 fully saturated rings. The topological polar surface area (TPSA) is 77.1 Å². The molecule has 25 heavy (non-hydrogen) atoms. The van der Waals surface area contributed by atoms with E-state index in [9.17, 15) is 9.59 Å². The molecule has 0 bridgehead atoms. The molecule has 0 atom stereocenters. The zero-order valence-electron chi connectivity index (χ0n) is 14.2. The van der Waals surface area contributed by atoms with Gasteiger partial charge in [0.2, 0.25) is 0 Å². The van der Waals surface area contributed by atoms with Crippen LogP contribution in [0, 0.1) is 13.8 Å². The second-order valence-corrected chi connectivity index (χ2v) is 5.87. The van der Waals surface area contributed by atoms with Gasteiger partial charge >= 0.3 is 0 Å². The van der Waals surface area contributed by atoms with Gasteiger partial charge in [0.05, 0.1) is 12.2 Å². The molecule has 0 aliphatic heterocycles. The van der Waals surface area contributed by atoms with Crippen LogP contribution in [0.4, 0.5) is 0 Å². The van der Waals surface area contributed by atoms with Gasteiger partial charge in [-0.25, -0.2) is 0 Å². The molecule has 1 N–H and O–H groups in total. The maximum atomic E-state index is 12.2. The summed E-state index contributed by atoms with van der Waals surface area (Å²) in [5.41, 5.74) is 3.04. The standard InChI is InChI=1S/C19H19N3O3/c1-13-18(14(2)25-21-13)19(24)20-11-15-6-8-16(9-7-15)12-22-10-4-3-5-17(22)23/h3-10H,11-12H2,1-2H3,(H,20,24). The van der Waals surface area contributed by atoms with Gasteiger partial charge in [-0.1, -0.05) is 35.5 Å². The van der Waals surface area contributed by atoms with E-state index in [0.29, 0.717) is 30.1 Å². The molecule has 6 heteroatoms. The van der Waals surface area contributed by atoms with Gasteiger partial charge < -0.3 is 14.4 Å². The van der Waals surface area contributed by atoms with Gasteiger partial charge in [-0.15, -0.1) is 0 Å². The Morgan fingerprint density at radius 1 is 1.12 bits per heavy atom. The van der Waals surface area contributed by atoms with E-state index >= 15 is 0 Å². The van der Waals surface area contributed by atoms with Crippen molar-refractivity contribution in [1.29, 1.82) is 0 Å². The third-order valence-electron chi connectivity index (χ3n) is 3.99. The molecular formula is C19H19N3O3. The van der Waals surface area contributed by atoms with Gasteiger partial charge in [-0.2, -0.15) is 0 Å². The number of aromatic nitrogens is 2. The van der Waals surface area contributed by atoms with Crippen molar-refractivity contribution in [3.05, 3.63) is 87.2 Å². The van der Waals surface area contributed by atoms with Crippen LogP contribution in [-0.4, -0.2) is 15.6 Å². The summed E-state index contributed by atoms with van der Waals surface area (Å²) in [4.78, 5) is 24.0. The Labute approximate surface area is 145 Å². The van der Waals surface area contributed by atoms with Crippen molar-refractivity contribution in [1.82, 2.24) is 15.0 Å². The van der Waals surface area contributed by atoms with E-state index in [1.165, 1.54) is 0 Å². The molecule has 0 radical (unpaired) electrons. The molecule has 1 aromatic carbocycles. The number of nitrogens with one attached hydrogen (secondary N) is 1. The van der Waals surface area contributed by atoms with Crippen LogP contribution >= 0.6 is 0 Å². The lowest BCUT2D eigenvalue weighted by atomic mass is 10.1. The fourth-order valence-electron chi connectivity index (χ4n) is 2.63. The molecule has 0 spiro atoms. The van der Waals surface area contributed by atoms with Crippen LogP contribution in [0.25, 0.3) is 0 Å². The van der Waals surface area contributed by atoms with E-state index in [1.807, 2.05) is 30.3 Å². The van der Waals surface area contributed by atoms with Crippen LogP contribution in [0.5, 0.6) is 0 Å². The van der Waals surface area contributed by atoms with Crippen LogP contribution in [0.3, 0.4) is 0 Å². The summed E-state index contributed by atoms with van der Waals surface area (Å²) in [6.07, 6.45) is 1.76. The first-order valence-corrected chi connectivity index (χ1v) is 7.99. The molecule has 0 unspecified atom stereocenters. The number of carbonyl (C=O) groups is 1.